The van der Waals surface area contributed by atoms with Crippen molar-refractivity contribution < 1.29 is 0 Å². The van der Waals surface area contributed by atoms with Gasteiger partial charge in [-0.15, -0.1) is 0 Å². The van der Waals surface area contributed by atoms with Crippen LogP contribution < -0.4 is 5.32 Å². The van der Waals surface area contributed by atoms with Gasteiger partial charge >= 0.3 is 0 Å². The average Bonchev–Trinajstić information content (AvgIpc) is 3.09. The Labute approximate surface area is 250 Å². The van der Waals surface area contributed by atoms with Gasteiger partial charge in [-0.25, -0.2) is 15.0 Å². The standard InChI is InChI=1S/C38H27N5/c39-35(34-32-22-11-10-13-26(32)23-24-33(34)40-31-20-8-3-9-21-31)29-18-12-19-30(25-29)38-42-36(27-14-4-1-5-15-27)41-37(43-38)28-16-6-2-7-17-28/h1-25,39-40H. The second-order valence-corrected chi connectivity index (χ2v) is 10.2. The monoisotopic (exact) mass is 553 g/mol. The maximum Gasteiger partial charge on any atom is 0.164 e. The molecule has 5 heteroatoms. The first-order valence-corrected chi connectivity index (χ1v) is 14.1. The molecule has 0 saturated heterocycles. The number of nitrogens with zero attached hydrogens (tertiary/aromatic N) is 3. The third-order valence-corrected chi connectivity index (χ3v) is 7.34. The van der Waals surface area contributed by atoms with Crippen molar-refractivity contribution in [2.75, 3.05) is 5.32 Å². The second-order valence-electron chi connectivity index (χ2n) is 10.2. The van der Waals surface area contributed by atoms with E-state index in [0.29, 0.717) is 23.2 Å². The van der Waals surface area contributed by atoms with Crippen LogP contribution in [0.3, 0.4) is 0 Å². The summed E-state index contributed by atoms with van der Waals surface area (Å²) >= 11 is 0. The molecule has 204 valence electrons. The molecule has 5 nitrogen and oxygen atoms in total. The number of rotatable bonds is 7. The fourth-order valence-corrected chi connectivity index (χ4v) is 5.22. The Kier molecular flexibility index (Phi) is 6.96. The molecule has 0 unspecified atom stereocenters. The summed E-state index contributed by atoms with van der Waals surface area (Å²) in [7, 11) is 0. The molecule has 0 spiro atoms. The lowest BCUT2D eigenvalue weighted by Gasteiger charge is -2.17. The van der Waals surface area contributed by atoms with Gasteiger partial charge in [0.1, 0.15) is 0 Å². The van der Waals surface area contributed by atoms with Crippen LogP contribution >= 0.6 is 0 Å². The number of benzene rings is 6. The third-order valence-electron chi connectivity index (χ3n) is 7.34. The van der Waals surface area contributed by atoms with E-state index >= 15 is 0 Å². The quantitative estimate of drug-likeness (QED) is 0.193. The van der Waals surface area contributed by atoms with E-state index in [2.05, 4.69) is 23.5 Å². The van der Waals surface area contributed by atoms with Crippen molar-refractivity contribution in [3.63, 3.8) is 0 Å². The van der Waals surface area contributed by atoms with Crippen molar-refractivity contribution in [2.45, 2.75) is 0 Å². The molecule has 1 aromatic heterocycles. The van der Waals surface area contributed by atoms with Crippen molar-refractivity contribution in [1.29, 1.82) is 5.41 Å². The van der Waals surface area contributed by atoms with Crippen LogP contribution in [0.1, 0.15) is 11.1 Å². The highest BCUT2D eigenvalue weighted by molar-refractivity contribution is 6.21. The summed E-state index contributed by atoms with van der Waals surface area (Å²) in [5.41, 5.74) is 6.51. The van der Waals surface area contributed by atoms with Crippen molar-refractivity contribution in [3.05, 3.63) is 163 Å². The predicted molar refractivity (Wildman–Crippen MR) is 176 cm³/mol. The Balaban J connectivity index is 1.34. The van der Waals surface area contributed by atoms with Crippen LogP contribution in [0.5, 0.6) is 0 Å². The maximum absolute atomic E-state index is 9.48. The van der Waals surface area contributed by atoms with Gasteiger partial charge in [-0.1, -0.05) is 127 Å². The van der Waals surface area contributed by atoms with E-state index < -0.39 is 0 Å². The van der Waals surface area contributed by atoms with Crippen molar-refractivity contribution in [2.24, 2.45) is 0 Å². The Hall–Kier alpha value is -5.94. The second kappa shape index (κ2) is 11.5. The summed E-state index contributed by atoms with van der Waals surface area (Å²) in [5.74, 6) is 1.77. The largest absolute Gasteiger partial charge is 0.355 e. The van der Waals surface area contributed by atoms with Gasteiger partial charge in [-0.2, -0.15) is 0 Å². The molecule has 7 rings (SSSR count). The minimum absolute atomic E-state index is 0.415. The summed E-state index contributed by atoms with van der Waals surface area (Å²) in [6.45, 7) is 0. The Morgan fingerprint density at radius 3 is 1.67 bits per heavy atom. The number of hydrogen-bond acceptors (Lipinski definition) is 5. The summed E-state index contributed by atoms with van der Waals surface area (Å²) in [6.07, 6.45) is 0. The lowest BCUT2D eigenvalue weighted by atomic mass is 9.93. The number of fused-ring (bicyclic) bond motifs is 1. The van der Waals surface area contributed by atoms with E-state index in [4.69, 9.17) is 15.0 Å². The van der Waals surface area contributed by atoms with Crippen molar-refractivity contribution in [1.82, 2.24) is 15.0 Å². The van der Waals surface area contributed by atoms with Gasteiger partial charge in [0.15, 0.2) is 17.5 Å². The molecule has 0 atom stereocenters. The van der Waals surface area contributed by atoms with Gasteiger partial charge < -0.3 is 5.32 Å². The molecule has 0 saturated carbocycles. The van der Waals surface area contributed by atoms with Crippen LogP contribution in [0.2, 0.25) is 0 Å². The van der Waals surface area contributed by atoms with E-state index in [0.717, 1.165) is 50.0 Å². The Bertz CT molecular complexity index is 2000. The van der Waals surface area contributed by atoms with E-state index in [1.807, 2.05) is 133 Å². The van der Waals surface area contributed by atoms with Gasteiger partial charge in [0.05, 0.1) is 5.71 Å². The lowest BCUT2D eigenvalue weighted by molar-refractivity contribution is 1.07. The first-order valence-electron chi connectivity index (χ1n) is 14.1. The molecule has 0 aliphatic rings. The number of anilines is 2. The van der Waals surface area contributed by atoms with Crippen LogP contribution in [0.25, 0.3) is 44.9 Å². The highest BCUT2D eigenvalue weighted by atomic mass is 15.0. The molecule has 0 amide bonds. The zero-order valence-electron chi connectivity index (χ0n) is 23.3. The summed E-state index contributed by atoms with van der Waals surface area (Å²) in [4.78, 5) is 14.6. The first kappa shape index (κ1) is 26.0. The SMILES string of the molecule is N=C(c1cccc(-c2nc(-c3ccccc3)nc(-c3ccccc3)n2)c1)c1c(Nc2ccccc2)ccc2ccccc12. The molecule has 1 heterocycles. The van der Waals surface area contributed by atoms with Crippen LogP contribution in [0, 0.1) is 5.41 Å². The molecule has 0 aliphatic carbocycles. The van der Waals surface area contributed by atoms with Crippen LogP contribution in [-0.4, -0.2) is 20.7 Å². The summed E-state index contributed by atoms with van der Waals surface area (Å²) < 4.78 is 0. The average molecular weight is 554 g/mol. The summed E-state index contributed by atoms with van der Waals surface area (Å²) in [6, 6.07) is 50.2. The van der Waals surface area contributed by atoms with Gasteiger partial charge in [0.25, 0.3) is 0 Å². The normalized spacial score (nSPS) is 10.9. The molecule has 0 bridgehead atoms. The molecule has 6 aromatic carbocycles. The van der Waals surface area contributed by atoms with Gasteiger partial charge in [0.2, 0.25) is 0 Å². The van der Waals surface area contributed by atoms with Gasteiger partial charge in [-0.05, 0) is 35.0 Å². The smallest absolute Gasteiger partial charge is 0.164 e. The number of para-hydroxylation sites is 1. The lowest BCUT2D eigenvalue weighted by Crippen LogP contribution is -2.07. The number of nitrogens with one attached hydrogen (secondary N) is 2. The van der Waals surface area contributed by atoms with E-state index in [9.17, 15) is 5.41 Å². The predicted octanol–water partition coefficient (Wildman–Crippen LogP) is 9.19. The maximum atomic E-state index is 9.48. The molecule has 43 heavy (non-hydrogen) atoms. The molecule has 7 aromatic rings. The number of aromatic nitrogens is 3. The topological polar surface area (TPSA) is 74.5 Å². The fraction of sp³-hybridized carbons (Fsp3) is 0. The summed E-state index contributed by atoms with van der Waals surface area (Å²) in [5, 5.41) is 15.1. The third kappa shape index (κ3) is 5.39. The zero-order valence-corrected chi connectivity index (χ0v) is 23.3. The zero-order chi connectivity index (χ0) is 29.0. The minimum atomic E-state index is 0.415. The van der Waals surface area contributed by atoms with E-state index in [1.165, 1.54) is 0 Å². The molecular formula is C38H27N5. The highest BCUT2D eigenvalue weighted by Gasteiger charge is 2.17. The van der Waals surface area contributed by atoms with Crippen molar-refractivity contribution in [3.8, 4) is 34.2 Å². The molecule has 0 fully saturated rings. The minimum Gasteiger partial charge on any atom is -0.355 e. The van der Waals surface area contributed by atoms with Crippen molar-refractivity contribution >= 4 is 27.9 Å². The van der Waals surface area contributed by atoms with Crippen LogP contribution in [-0.2, 0) is 0 Å². The number of hydrogen-bond donors (Lipinski definition) is 2. The Morgan fingerprint density at radius 1 is 0.488 bits per heavy atom. The molecule has 0 radical (unpaired) electrons. The fourth-order valence-electron chi connectivity index (χ4n) is 5.22. The van der Waals surface area contributed by atoms with Gasteiger partial charge in [-0.3, -0.25) is 5.41 Å². The van der Waals surface area contributed by atoms with Gasteiger partial charge in [0, 0.05) is 39.2 Å². The Morgan fingerprint density at radius 2 is 1.02 bits per heavy atom. The molecular weight excluding hydrogens is 526 g/mol. The van der Waals surface area contributed by atoms with E-state index in [1.54, 1.807) is 0 Å². The highest BCUT2D eigenvalue weighted by Crippen LogP contribution is 2.32. The van der Waals surface area contributed by atoms with E-state index in [-0.39, 0.29) is 0 Å². The van der Waals surface area contributed by atoms with Crippen LogP contribution in [0.4, 0.5) is 11.4 Å². The first-order chi connectivity index (χ1) is 21.2. The van der Waals surface area contributed by atoms with Crippen LogP contribution in [0.15, 0.2) is 152 Å². The molecule has 2 N–H and O–H groups in total. The molecule has 0 aliphatic heterocycles.